The number of sulfonamides is 1. The Morgan fingerprint density at radius 3 is 2.77 bits per heavy atom. The highest BCUT2D eigenvalue weighted by molar-refractivity contribution is 7.94. The third-order valence-electron chi connectivity index (χ3n) is 3.90. The van der Waals surface area contributed by atoms with Crippen LogP contribution in [0.2, 0.25) is 0 Å². The number of benzene rings is 1. The molecule has 0 amide bonds. The topological polar surface area (TPSA) is 84.1 Å². The van der Waals surface area contributed by atoms with Gasteiger partial charge in [-0.1, -0.05) is 6.07 Å². The van der Waals surface area contributed by atoms with E-state index >= 15 is 0 Å². The molecule has 6 nitrogen and oxygen atoms in total. The molecule has 0 saturated carbocycles. The number of nitrogens with zero attached hydrogens (tertiary/aromatic N) is 1. The molecule has 0 aliphatic heterocycles. The summed E-state index contributed by atoms with van der Waals surface area (Å²) in [6.45, 7) is 0. The SMILES string of the molecule is COc1ccc(-c2cc3ncccc3[nH]2)cc1NS(=O)(=O)c1cccs1. The first-order valence-corrected chi connectivity index (χ1v) is 10.1. The monoisotopic (exact) mass is 385 g/mol. The normalized spacial score (nSPS) is 11.6. The molecule has 2 N–H and O–H groups in total. The molecule has 8 heteroatoms. The van der Waals surface area contributed by atoms with Crippen LogP contribution >= 0.6 is 11.3 Å². The molecule has 4 rings (SSSR count). The van der Waals surface area contributed by atoms with Gasteiger partial charge in [0.05, 0.1) is 23.8 Å². The van der Waals surface area contributed by atoms with Crippen molar-refractivity contribution in [2.45, 2.75) is 4.21 Å². The maximum atomic E-state index is 12.5. The third kappa shape index (κ3) is 3.04. The lowest BCUT2D eigenvalue weighted by Crippen LogP contribution is -2.12. The fraction of sp³-hybridized carbons (Fsp3) is 0.0556. The van der Waals surface area contributed by atoms with Crippen LogP contribution in [0.3, 0.4) is 0 Å². The number of pyridine rings is 1. The third-order valence-corrected chi connectivity index (χ3v) is 6.67. The van der Waals surface area contributed by atoms with Crippen molar-refractivity contribution in [1.29, 1.82) is 0 Å². The average molecular weight is 385 g/mol. The van der Waals surface area contributed by atoms with Crippen LogP contribution in [0.4, 0.5) is 5.69 Å². The van der Waals surface area contributed by atoms with E-state index < -0.39 is 10.0 Å². The minimum Gasteiger partial charge on any atom is -0.495 e. The summed E-state index contributed by atoms with van der Waals surface area (Å²) >= 11 is 1.16. The first-order valence-electron chi connectivity index (χ1n) is 7.75. The summed E-state index contributed by atoms with van der Waals surface area (Å²) in [5.74, 6) is 0.447. The quantitative estimate of drug-likeness (QED) is 0.542. The van der Waals surface area contributed by atoms with Crippen molar-refractivity contribution in [3.8, 4) is 17.0 Å². The van der Waals surface area contributed by atoms with Crippen LogP contribution < -0.4 is 9.46 Å². The number of rotatable bonds is 5. The van der Waals surface area contributed by atoms with Crippen molar-refractivity contribution in [3.63, 3.8) is 0 Å². The van der Waals surface area contributed by atoms with Crippen molar-refractivity contribution in [1.82, 2.24) is 9.97 Å². The lowest BCUT2D eigenvalue weighted by molar-refractivity contribution is 0.417. The molecule has 0 atom stereocenters. The highest BCUT2D eigenvalue weighted by atomic mass is 32.2. The number of thiophene rings is 1. The van der Waals surface area contributed by atoms with Gasteiger partial charge < -0.3 is 9.72 Å². The van der Waals surface area contributed by atoms with Gasteiger partial charge in [0.1, 0.15) is 9.96 Å². The Balaban J connectivity index is 1.76. The number of nitrogens with one attached hydrogen (secondary N) is 2. The van der Waals surface area contributed by atoms with E-state index in [1.807, 2.05) is 24.3 Å². The molecule has 0 aliphatic rings. The molecule has 0 fully saturated rings. The van der Waals surface area contributed by atoms with E-state index in [2.05, 4.69) is 14.7 Å². The van der Waals surface area contributed by atoms with Gasteiger partial charge in [-0.25, -0.2) is 8.42 Å². The van der Waals surface area contributed by atoms with Gasteiger partial charge in [0, 0.05) is 17.5 Å². The number of hydrogen-bond acceptors (Lipinski definition) is 5. The Hall–Kier alpha value is -2.84. The second-order valence-corrected chi connectivity index (χ2v) is 8.43. The highest BCUT2D eigenvalue weighted by Crippen LogP contribution is 2.33. The molecule has 0 bridgehead atoms. The second kappa shape index (κ2) is 6.47. The highest BCUT2D eigenvalue weighted by Gasteiger charge is 2.18. The van der Waals surface area contributed by atoms with E-state index in [-0.39, 0.29) is 4.21 Å². The largest absolute Gasteiger partial charge is 0.495 e. The lowest BCUT2D eigenvalue weighted by atomic mass is 10.1. The molecule has 132 valence electrons. The number of hydrogen-bond donors (Lipinski definition) is 2. The second-order valence-electron chi connectivity index (χ2n) is 5.57. The van der Waals surface area contributed by atoms with Gasteiger partial charge in [-0.3, -0.25) is 9.71 Å². The number of ether oxygens (including phenoxy) is 1. The minimum absolute atomic E-state index is 0.250. The van der Waals surface area contributed by atoms with Gasteiger partial charge in [0.25, 0.3) is 10.0 Å². The zero-order valence-electron chi connectivity index (χ0n) is 13.8. The summed E-state index contributed by atoms with van der Waals surface area (Å²) in [6, 6.07) is 14.3. The van der Waals surface area contributed by atoms with Crippen LogP contribution in [-0.2, 0) is 10.0 Å². The number of aromatic amines is 1. The van der Waals surface area contributed by atoms with E-state index in [1.165, 1.54) is 7.11 Å². The Morgan fingerprint density at radius 1 is 1.15 bits per heavy atom. The van der Waals surface area contributed by atoms with E-state index in [0.29, 0.717) is 11.4 Å². The van der Waals surface area contributed by atoms with Gasteiger partial charge in [-0.2, -0.15) is 0 Å². The van der Waals surface area contributed by atoms with E-state index in [9.17, 15) is 8.42 Å². The number of anilines is 1. The van der Waals surface area contributed by atoms with Crippen LogP contribution in [0.1, 0.15) is 0 Å². The predicted molar refractivity (Wildman–Crippen MR) is 103 cm³/mol. The zero-order chi connectivity index (χ0) is 18.1. The molecule has 0 unspecified atom stereocenters. The van der Waals surface area contributed by atoms with E-state index in [0.717, 1.165) is 33.6 Å². The van der Waals surface area contributed by atoms with Gasteiger partial charge in [0.15, 0.2) is 0 Å². The van der Waals surface area contributed by atoms with Crippen molar-refractivity contribution in [2.75, 3.05) is 11.8 Å². The molecule has 0 spiro atoms. The molecule has 0 saturated heterocycles. The van der Waals surface area contributed by atoms with Gasteiger partial charge in [0.2, 0.25) is 0 Å². The molecule has 0 radical (unpaired) electrons. The Bertz CT molecular complexity index is 1130. The van der Waals surface area contributed by atoms with Crippen molar-refractivity contribution < 1.29 is 13.2 Å². The molecular formula is C18H15N3O3S2. The van der Waals surface area contributed by atoms with Crippen LogP contribution in [0.5, 0.6) is 5.75 Å². The van der Waals surface area contributed by atoms with Crippen molar-refractivity contribution in [3.05, 3.63) is 60.1 Å². The Labute approximate surface area is 154 Å². The average Bonchev–Trinajstić information content (AvgIpc) is 3.31. The van der Waals surface area contributed by atoms with Gasteiger partial charge in [-0.05, 0) is 47.8 Å². The lowest BCUT2D eigenvalue weighted by Gasteiger charge is -2.12. The summed E-state index contributed by atoms with van der Waals surface area (Å²) < 4.78 is 33.3. The first kappa shape index (κ1) is 16.6. The van der Waals surface area contributed by atoms with Crippen LogP contribution in [0, 0.1) is 0 Å². The van der Waals surface area contributed by atoms with Crippen molar-refractivity contribution in [2.24, 2.45) is 0 Å². The summed E-state index contributed by atoms with van der Waals surface area (Å²) in [5, 5.41) is 1.72. The number of H-pyrrole nitrogens is 1. The Morgan fingerprint density at radius 2 is 2.04 bits per heavy atom. The summed E-state index contributed by atoms with van der Waals surface area (Å²) in [6.07, 6.45) is 1.73. The summed E-state index contributed by atoms with van der Waals surface area (Å²) in [5.41, 5.74) is 3.81. The molecule has 4 aromatic rings. The van der Waals surface area contributed by atoms with E-state index in [1.54, 1.807) is 35.8 Å². The zero-order valence-corrected chi connectivity index (χ0v) is 15.4. The molecule has 1 aromatic carbocycles. The van der Waals surface area contributed by atoms with E-state index in [4.69, 9.17) is 4.74 Å². The predicted octanol–water partition coefficient (Wildman–Crippen LogP) is 4.10. The minimum atomic E-state index is -3.66. The first-order chi connectivity index (χ1) is 12.6. The molecule has 26 heavy (non-hydrogen) atoms. The molecule has 3 aromatic heterocycles. The molecular weight excluding hydrogens is 370 g/mol. The fourth-order valence-electron chi connectivity index (χ4n) is 2.68. The maximum Gasteiger partial charge on any atom is 0.271 e. The summed E-state index contributed by atoms with van der Waals surface area (Å²) in [7, 11) is -2.16. The summed E-state index contributed by atoms with van der Waals surface area (Å²) in [4.78, 5) is 7.60. The van der Waals surface area contributed by atoms with Crippen LogP contribution in [0.25, 0.3) is 22.3 Å². The van der Waals surface area contributed by atoms with Gasteiger partial charge >= 0.3 is 0 Å². The van der Waals surface area contributed by atoms with Crippen LogP contribution in [0.15, 0.2) is 64.3 Å². The smallest absolute Gasteiger partial charge is 0.271 e. The van der Waals surface area contributed by atoms with Crippen LogP contribution in [-0.4, -0.2) is 25.5 Å². The fourth-order valence-corrected chi connectivity index (χ4v) is 4.73. The number of fused-ring (bicyclic) bond motifs is 1. The Kier molecular flexibility index (Phi) is 4.14. The number of aromatic nitrogens is 2. The molecule has 3 heterocycles. The standard InChI is InChI=1S/C18H15N3O3S2/c1-24-17-7-6-12(14-11-15-13(20-14)4-2-8-19-15)10-16(17)21-26(22,23)18-5-3-9-25-18/h2-11,20-21H,1H3. The maximum absolute atomic E-state index is 12.5. The number of methoxy groups -OCH3 is 1. The van der Waals surface area contributed by atoms with Gasteiger partial charge in [-0.15, -0.1) is 11.3 Å². The molecule has 0 aliphatic carbocycles. The van der Waals surface area contributed by atoms with Crippen molar-refractivity contribution >= 4 is 38.1 Å².